The maximum absolute atomic E-state index is 12.3. The molecule has 21 heavy (non-hydrogen) atoms. The number of esters is 1. The standard InChI is InChI=1S/C17H17NO3/c1-11-6-4-9-15(12(11)2)16(19)18-14-8-5-7-13(10-14)17(20)21-3/h4-10H,1-3H3,(H,18,19). The SMILES string of the molecule is COC(=O)c1cccc(NC(=O)c2cccc(C)c2C)c1. The Balaban J connectivity index is 2.24. The molecule has 108 valence electrons. The van der Waals surface area contributed by atoms with Gasteiger partial charge in [-0.1, -0.05) is 18.2 Å². The number of rotatable bonds is 3. The molecule has 4 heteroatoms. The third-order valence-electron chi connectivity index (χ3n) is 3.39. The van der Waals surface area contributed by atoms with Gasteiger partial charge in [-0.2, -0.15) is 0 Å². The van der Waals surface area contributed by atoms with Crippen molar-refractivity contribution in [3.63, 3.8) is 0 Å². The second-order valence-electron chi connectivity index (χ2n) is 4.77. The fourth-order valence-electron chi connectivity index (χ4n) is 2.04. The summed E-state index contributed by atoms with van der Waals surface area (Å²) in [5.74, 6) is -0.629. The topological polar surface area (TPSA) is 55.4 Å². The van der Waals surface area contributed by atoms with Gasteiger partial charge in [0, 0.05) is 11.3 Å². The van der Waals surface area contributed by atoms with E-state index in [0.29, 0.717) is 16.8 Å². The molecular formula is C17H17NO3. The fourth-order valence-corrected chi connectivity index (χ4v) is 2.04. The highest BCUT2D eigenvalue weighted by Crippen LogP contribution is 2.16. The highest BCUT2D eigenvalue weighted by molar-refractivity contribution is 6.06. The van der Waals surface area contributed by atoms with Crippen LogP contribution in [0.2, 0.25) is 0 Å². The molecule has 4 nitrogen and oxygen atoms in total. The molecule has 0 saturated carbocycles. The van der Waals surface area contributed by atoms with Gasteiger partial charge in [-0.3, -0.25) is 4.79 Å². The van der Waals surface area contributed by atoms with Gasteiger partial charge < -0.3 is 10.1 Å². The predicted octanol–water partition coefficient (Wildman–Crippen LogP) is 3.34. The lowest BCUT2D eigenvalue weighted by atomic mass is 10.0. The Morgan fingerprint density at radius 2 is 1.76 bits per heavy atom. The molecular weight excluding hydrogens is 266 g/mol. The third-order valence-corrected chi connectivity index (χ3v) is 3.39. The van der Waals surface area contributed by atoms with Crippen molar-refractivity contribution >= 4 is 17.6 Å². The number of benzene rings is 2. The summed E-state index contributed by atoms with van der Waals surface area (Å²) in [6.07, 6.45) is 0. The molecule has 0 bridgehead atoms. The van der Waals surface area contributed by atoms with E-state index in [1.54, 1.807) is 30.3 Å². The first-order chi connectivity index (χ1) is 10.0. The average Bonchev–Trinajstić information content (AvgIpc) is 2.49. The van der Waals surface area contributed by atoms with Gasteiger partial charge in [-0.05, 0) is 49.2 Å². The van der Waals surface area contributed by atoms with Crippen LogP contribution < -0.4 is 5.32 Å². The molecule has 2 aromatic rings. The first-order valence-electron chi connectivity index (χ1n) is 6.59. The molecule has 0 aromatic heterocycles. The monoisotopic (exact) mass is 283 g/mol. The second-order valence-corrected chi connectivity index (χ2v) is 4.77. The quantitative estimate of drug-likeness (QED) is 0.879. The lowest BCUT2D eigenvalue weighted by Crippen LogP contribution is -2.14. The van der Waals surface area contributed by atoms with E-state index in [4.69, 9.17) is 0 Å². The highest BCUT2D eigenvalue weighted by Gasteiger charge is 2.12. The molecule has 0 atom stereocenters. The van der Waals surface area contributed by atoms with E-state index in [-0.39, 0.29) is 5.91 Å². The van der Waals surface area contributed by atoms with Crippen LogP contribution in [0.4, 0.5) is 5.69 Å². The smallest absolute Gasteiger partial charge is 0.337 e. The number of amides is 1. The number of methoxy groups -OCH3 is 1. The van der Waals surface area contributed by atoms with Gasteiger partial charge in [0.25, 0.3) is 5.91 Å². The second kappa shape index (κ2) is 6.22. The zero-order chi connectivity index (χ0) is 15.4. The van der Waals surface area contributed by atoms with E-state index >= 15 is 0 Å². The van der Waals surface area contributed by atoms with E-state index in [0.717, 1.165) is 11.1 Å². The summed E-state index contributed by atoms with van der Waals surface area (Å²) in [4.78, 5) is 23.8. The Morgan fingerprint density at radius 1 is 1.05 bits per heavy atom. The summed E-state index contributed by atoms with van der Waals surface area (Å²) in [7, 11) is 1.32. The lowest BCUT2D eigenvalue weighted by molar-refractivity contribution is 0.0600. The minimum atomic E-state index is -0.433. The normalized spacial score (nSPS) is 10.0. The zero-order valence-electron chi connectivity index (χ0n) is 12.3. The predicted molar refractivity (Wildman–Crippen MR) is 81.7 cm³/mol. The van der Waals surface area contributed by atoms with Crippen molar-refractivity contribution in [3.05, 3.63) is 64.7 Å². The number of anilines is 1. The average molecular weight is 283 g/mol. The van der Waals surface area contributed by atoms with E-state index in [1.165, 1.54) is 7.11 Å². The Bertz CT molecular complexity index is 692. The van der Waals surface area contributed by atoms with Gasteiger partial charge >= 0.3 is 5.97 Å². The third kappa shape index (κ3) is 3.28. The largest absolute Gasteiger partial charge is 0.465 e. The molecule has 0 radical (unpaired) electrons. The number of aryl methyl sites for hydroxylation is 1. The van der Waals surface area contributed by atoms with Crippen LogP contribution in [0.1, 0.15) is 31.8 Å². The summed E-state index contributed by atoms with van der Waals surface area (Å²) in [5.41, 5.74) is 3.59. The zero-order valence-corrected chi connectivity index (χ0v) is 12.3. The maximum Gasteiger partial charge on any atom is 0.337 e. The van der Waals surface area contributed by atoms with Crippen LogP contribution in [0.5, 0.6) is 0 Å². The first kappa shape index (κ1) is 14.8. The van der Waals surface area contributed by atoms with E-state index < -0.39 is 5.97 Å². The molecule has 0 aliphatic rings. The van der Waals surface area contributed by atoms with Gasteiger partial charge in [0.15, 0.2) is 0 Å². The van der Waals surface area contributed by atoms with Crippen LogP contribution in [0.15, 0.2) is 42.5 Å². The summed E-state index contributed by atoms with van der Waals surface area (Å²) < 4.78 is 4.66. The molecule has 0 heterocycles. The molecule has 1 N–H and O–H groups in total. The summed E-state index contributed by atoms with van der Waals surface area (Å²) in [5, 5.41) is 2.80. The summed E-state index contributed by atoms with van der Waals surface area (Å²) in [6, 6.07) is 12.3. The minimum Gasteiger partial charge on any atom is -0.465 e. The van der Waals surface area contributed by atoms with Gasteiger partial charge in [-0.25, -0.2) is 4.79 Å². The van der Waals surface area contributed by atoms with Crippen molar-refractivity contribution in [1.82, 2.24) is 0 Å². The summed E-state index contributed by atoms with van der Waals surface area (Å²) in [6.45, 7) is 3.87. The van der Waals surface area contributed by atoms with Crippen LogP contribution in [-0.2, 0) is 4.74 Å². The van der Waals surface area contributed by atoms with Crippen molar-refractivity contribution in [2.45, 2.75) is 13.8 Å². The Kier molecular flexibility index (Phi) is 4.38. The maximum atomic E-state index is 12.3. The molecule has 2 rings (SSSR count). The van der Waals surface area contributed by atoms with Crippen molar-refractivity contribution in [2.75, 3.05) is 12.4 Å². The number of ether oxygens (including phenoxy) is 1. The van der Waals surface area contributed by atoms with Crippen molar-refractivity contribution in [1.29, 1.82) is 0 Å². The van der Waals surface area contributed by atoms with Gasteiger partial charge in [0.2, 0.25) is 0 Å². The molecule has 0 aliphatic carbocycles. The molecule has 2 aromatic carbocycles. The molecule has 1 amide bonds. The van der Waals surface area contributed by atoms with Crippen molar-refractivity contribution < 1.29 is 14.3 Å². The molecule has 0 aliphatic heterocycles. The Morgan fingerprint density at radius 3 is 2.48 bits per heavy atom. The number of nitrogens with one attached hydrogen (secondary N) is 1. The Labute approximate surface area is 123 Å². The van der Waals surface area contributed by atoms with Gasteiger partial charge in [0.1, 0.15) is 0 Å². The number of carbonyl (C=O) groups excluding carboxylic acids is 2. The summed E-state index contributed by atoms with van der Waals surface area (Å²) >= 11 is 0. The van der Waals surface area contributed by atoms with Crippen molar-refractivity contribution in [2.24, 2.45) is 0 Å². The van der Waals surface area contributed by atoms with Crippen LogP contribution in [-0.4, -0.2) is 19.0 Å². The lowest BCUT2D eigenvalue weighted by Gasteiger charge is -2.10. The van der Waals surface area contributed by atoms with Crippen LogP contribution in [0.25, 0.3) is 0 Å². The minimum absolute atomic E-state index is 0.196. The van der Waals surface area contributed by atoms with Gasteiger partial charge in [0.05, 0.1) is 12.7 Å². The van der Waals surface area contributed by atoms with E-state index in [1.807, 2.05) is 26.0 Å². The van der Waals surface area contributed by atoms with Crippen LogP contribution >= 0.6 is 0 Å². The fraction of sp³-hybridized carbons (Fsp3) is 0.176. The molecule has 0 spiro atoms. The molecule has 0 saturated heterocycles. The van der Waals surface area contributed by atoms with E-state index in [9.17, 15) is 9.59 Å². The van der Waals surface area contributed by atoms with Crippen molar-refractivity contribution in [3.8, 4) is 0 Å². The van der Waals surface area contributed by atoms with E-state index in [2.05, 4.69) is 10.1 Å². The number of hydrogen-bond donors (Lipinski definition) is 1. The molecule has 0 unspecified atom stereocenters. The van der Waals surface area contributed by atoms with Gasteiger partial charge in [-0.15, -0.1) is 0 Å². The van der Waals surface area contributed by atoms with Crippen LogP contribution in [0, 0.1) is 13.8 Å². The highest BCUT2D eigenvalue weighted by atomic mass is 16.5. The molecule has 0 fully saturated rings. The first-order valence-corrected chi connectivity index (χ1v) is 6.59. The number of carbonyl (C=O) groups is 2. The van der Waals surface area contributed by atoms with Crippen LogP contribution in [0.3, 0.4) is 0 Å². The number of hydrogen-bond acceptors (Lipinski definition) is 3. The Hall–Kier alpha value is -2.62.